The van der Waals surface area contributed by atoms with Crippen molar-refractivity contribution in [3.8, 4) is 0 Å². The van der Waals surface area contributed by atoms with Crippen LogP contribution in [0.1, 0.15) is 24.9 Å². The van der Waals surface area contributed by atoms with Crippen molar-refractivity contribution in [1.29, 1.82) is 0 Å². The minimum Gasteiger partial charge on any atom is -0.465 e. The van der Waals surface area contributed by atoms with Crippen LogP contribution in [0.15, 0.2) is 44.5 Å². The van der Waals surface area contributed by atoms with Gasteiger partial charge in [0.2, 0.25) is 11.8 Å². The second-order valence-electron chi connectivity index (χ2n) is 6.72. The first-order valence-corrected chi connectivity index (χ1v) is 11.5. The van der Waals surface area contributed by atoms with Gasteiger partial charge in [-0.2, -0.15) is 0 Å². The Balaban J connectivity index is 1.67. The number of sulfone groups is 1. The molecule has 2 aromatic rings. The van der Waals surface area contributed by atoms with Crippen LogP contribution in [-0.2, 0) is 26.0 Å². The van der Waals surface area contributed by atoms with Crippen LogP contribution in [0.25, 0.3) is 0 Å². The third kappa shape index (κ3) is 4.96. The van der Waals surface area contributed by atoms with Crippen molar-refractivity contribution in [2.24, 2.45) is 5.92 Å². The topological polar surface area (TPSA) is 105 Å². The first-order chi connectivity index (χ1) is 13.2. The molecule has 28 heavy (non-hydrogen) atoms. The molecule has 3 rings (SSSR count). The summed E-state index contributed by atoms with van der Waals surface area (Å²) in [5.74, 6) is 0.447. The van der Waals surface area contributed by atoms with Crippen molar-refractivity contribution in [1.82, 2.24) is 5.32 Å². The Labute approximate surface area is 168 Å². The summed E-state index contributed by atoms with van der Waals surface area (Å²) in [6.45, 7) is 3.59. The number of rotatable bonds is 6. The molecule has 0 fully saturated rings. The van der Waals surface area contributed by atoms with Crippen molar-refractivity contribution in [3.05, 3.63) is 41.9 Å². The summed E-state index contributed by atoms with van der Waals surface area (Å²) in [5, 5.41) is 5.43. The Kier molecular flexibility index (Phi) is 6.14. The molecule has 0 spiro atoms. The maximum atomic E-state index is 12.8. The fourth-order valence-electron chi connectivity index (χ4n) is 2.82. The number of nitrogens with one attached hydrogen (secondary N) is 2. The van der Waals surface area contributed by atoms with Crippen LogP contribution < -0.4 is 10.6 Å². The maximum Gasteiger partial charge on any atom is 0.225 e. The molecule has 150 valence electrons. The molecule has 0 bridgehead atoms. The second-order valence-corrected chi connectivity index (χ2v) is 9.89. The summed E-state index contributed by atoms with van der Waals surface area (Å²) in [6.07, 6.45) is 0.383. The van der Waals surface area contributed by atoms with Crippen LogP contribution >= 0.6 is 11.8 Å². The zero-order chi connectivity index (χ0) is 20.3. The molecule has 1 atom stereocenters. The van der Waals surface area contributed by atoms with Gasteiger partial charge in [-0.05, 0) is 37.3 Å². The van der Waals surface area contributed by atoms with Gasteiger partial charge in [-0.15, -0.1) is 11.8 Å². The van der Waals surface area contributed by atoms with Crippen LogP contribution in [0.4, 0.5) is 5.69 Å². The van der Waals surface area contributed by atoms with E-state index in [9.17, 15) is 18.0 Å². The van der Waals surface area contributed by atoms with E-state index in [1.54, 1.807) is 25.1 Å². The summed E-state index contributed by atoms with van der Waals surface area (Å²) in [7, 11) is -3.69. The minimum absolute atomic E-state index is 0.0929. The van der Waals surface area contributed by atoms with Crippen molar-refractivity contribution < 1.29 is 22.4 Å². The molecule has 2 N–H and O–H groups in total. The highest BCUT2D eigenvalue weighted by Gasteiger charge is 2.25. The van der Waals surface area contributed by atoms with E-state index in [2.05, 4.69) is 10.6 Å². The van der Waals surface area contributed by atoms with Crippen LogP contribution in [0, 0.1) is 12.8 Å². The lowest BCUT2D eigenvalue weighted by Crippen LogP contribution is -2.32. The number of amides is 2. The maximum absolute atomic E-state index is 12.8. The normalized spacial score (nSPS) is 15.3. The van der Waals surface area contributed by atoms with Gasteiger partial charge < -0.3 is 15.1 Å². The first-order valence-electron chi connectivity index (χ1n) is 8.87. The number of fused-ring (bicyclic) bond motifs is 1. The van der Waals surface area contributed by atoms with E-state index in [0.29, 0.717) is 23.6 Å². The molecule has 1 aromatic carbocycles. The average molecular weight is 423 g/mol. The molecule has 0 saturated carbocycles. The molecule has 9 heteroatoms. The van der Waals surface area contributed by atoms with Crippen molar-refractivity contribution in [3.63, 3.8) is 0 Å². The van der Waals surface area contributed by atoms with Gasteiger partial charge in [0.05, 0.1) is 22.9 Å². The zero-order valence-corrected chi connectivity index (χ0v) is 17.3. The van der Waals surface area contributed by atoms with E-state index in [1.165, 1.54) is 23.9 Å². The second kappa shape index (κ2) is 8.40. The van der Waals surface area contributed by atoms with E-state index in [4.69, 9.17) is 4.42 Å². The third-order valence-electron chi connectivity index (χ3n) is 4.32. The molecule has 0 unspecified atom stereocenters. The third-order valence-corrected chi connectivity index (χ3v) is 7.31. The standard InChI is InChI=1S/C19H22N2O5S2/c1-12(19(23)20-10-14-4-3-13(2)26-14)11-28(24,25)15-5-6-17-16(9-15)21-18(22)7-8-27-17/h3-6,9,12H,7-8,10-11H2,1-2H3,(H,20,23)(H,21,22)/t12-/m0/s1. The fraction of sp³-hybridized carbons (Fsp3) is 0.368. The van der Waals surface area contributed by atoms with Gasteiger partial charge in [0, 0.05) is 23.0 Å². The molecule has 1 aliphatic heterocycles. The van der Waals surface area contributed by atoms with Gasteiger partial charge >= 0.3 is 0 Å². The smallest absolute Gasteiger partial charge is 0.225 e. The van der Waals surface area contributed by atoms with Crippen molar-refractivity contribution in [2.45, 2.75) is 36.6 Å². The number of furan rings is 1. The highest BCUT2D eigenvalue weighted by molar-refractivity contribution is 7.99. The number of thioether (sulfide) groups is 1. The van der Waals surface area contributed by atoms with E-state index in [-0.39, 0.29) is 29.0 Å². The molecule has 2 heterocycles. The summed E-state index contributed by atoms with van der Waals surface area (Å²) >= 11 is 1.51. The van der Waals surface area contributed by atoms with E-state index >= 15 is 0 Å². The van der Waals surface area contributed by atoms with Gasteiger partial charge in [-0.25, -0.2) is 8.42 Å². The van der Waals surface area contributed by atoms with Gasteiger partial charge in [0.1, 0.15) is 11.5 Å². The summed E-state index contributed by atoms with van der Waals surface area (Å²) in [6, 6.07) is 8.25. The number of carbonyl (C=O) groups is 2. The molecule has 7 nitrogen and oxygen atoms in total. The molecule has 0 saturated heterocycles. The highest BCUT2D eigenvalue weighted by Crippen LogP contribution is 2.33. The van der Waals surface area contributed by atoms with Crippen LogP contribution in [0.5, 0.6) is 0 Å². The monoisotopic (exact) mass is 422 g/mol. The minimum atomic E-state index is -3.69. The number of hydrogen-bond donors (Lipinski definition) is 2. The largest absolute Gasteiger partial charge is 0.465 e. The highest BCUT2D eigenvalue weighted by atomic mass is 32.2. The van der Waals surface area contributed by atoms with E-state index in [1.807, 2.05) is 6.92 Å². The van der Waals surface area contributed by atoms with E-state index < -0.39 is 15.8 Å². The molecular weight excluding hydrogens is 400 g/mol. The van der Waals surface area contributed by atoms with Crippen molar-refractivity contribution in [2.75, 3.05) is 16.8 Å². The molecule has 1 aromatic heterocycles. The predicted octanol–water partition coefficient (Wildman–Crippen LogP) is 2.75. The number of carbonyl (C=O) groups excluding carboxylic acids is 2. The predicted molar refractivity (Wildman–Crippen MR) is 107 cm³/mol. The number of benzene rings is 1. The Bertz CT molecular complexity index is 998. The fourth-order valence-corrected chi connectivity index (χ4v) is 5.33. The molecular formula is C19H22N2O5S2. The Morgan fingerprint density at radius 1 is 1.32 bits per heavy atom. The Morgan fingerprint density at radius 2 is 2.11 bits per heavy atom. The van der Waals surface area contributed by atoms with E-state index in [0.717, 1.165) is 10.7 Å². The van der Waals surface area contributed by atoms with Crippen molar-refractivity contribution >= 4 is 39.1 Å². The Morgan fingerprint density at radius 3 is 2.82 bits per heavy atom. The molecule has 1 aliphatic rings. The molecule has 0 aliphatic carbocycles. The quantitative estimate of drug-likeness (QED) is 0.742. The first kappa shape index (κ1) is 20.5. The molecule has 2 amide bonds. The lowest BCUT2D eigenvalue weighted by molar-refractivity contribution is -0.124. The summed E-state index contributed by atoms with van der Waals surface area (Å²) < 4.78 is 30.9. The summed E-state index contributed by atoms with van der Waals surface area (Å²) in [5.41, 5.74) is 0.499. The lowest BCUT2D eigenvalue weighted by atomic mass is 10.2. The SMILES string of the molecule is Cc1ccc(CNC(=O)[C@@H](C)CS(=O)(=O)c2ccc3c(c2)NC(=O)CCS3)o1. The Hall–Kier alpha value is -2.26. The lowest BCUT2D eigenvalue weighted by Gasteiger charge is -2.14. The number of anilines is 1. The molecule has 0 radical (unpaired) electrons. The van der Waals surface area contributed by atoms with Gasteiger partial charge in [-0.1, -0.05) is 6.92 Å². The van der Waals surface area contributed by atoms with Gasteiger partial charge in [-0.3, -0.25) is 9.59 Å². The summed E-state index contributed by atoms with van der Waals surface area (Å²) in [4.78, 5) is 24.9. The van der Waals surface area contributed by atoms with Gasteiger partial charge in [0.25, 0.3) is 0 Å². The van der Waals surface area contributed by atoms with Crippen LogP contribution in [-0.4, -0.2) is 31.7 Å². The van der Waals surface area contributed by atoms with Crippen LogP contribution in [0.3, 0.4) is 0 Å². The zero-order valence-electron chi connectivity index (χ0n) is 15.7. The van der Waals surface area contributed by atoms with Gasteiger partial charge in [0.15, 0.2) is 9.84 Å². The average Bonchev–Trinajstić information content (AvgIpc) is 2.95. The van der Waals surface area contributed by atoms with Crippen LogP contribution in [0.2, 0.25) is 0 Å². The number of hydrogen-bond acceptors (Lipinski definition) is 6. The number of aryl methyl sites for hydroxylation is 1.